The third-order valence-corrected chi connectivity index (χ3v) is 5.05. The molecule has 1 aromatic carbocycles. The number of H-pyrrole nitrogens is 1. The van der Waals surface area contributed by atoms with Crippen molar-refractivity contribution in [2.45, 2.75) is 25.9 Å². The SMILES string of the molecule is Cc1cnc(NCC(F)(F)c2ccccn2)c(=O)n1CC(=O)NCc1ccc2nc[nH]c2c1.[HH].[HH].[HH]. The highest BCUT2D eigenvalue weighted by molar-refractivity contribution is 5.77. The fourth-order valence-electron chi connectivity index (χ4n) is 3.25. The Morgan fingerprint density at radius 3 is 2.85 bits per heavy atom. The van der Waals surface area contributed by atoms with E-state index in [0.29, 0.717) is 5.69 Å². The van der Waals surface area contributed by atoms with Gasteiger partial charge in [-0.15, -0.1) is 0 Å². The summed E-state index contributed by atoms with van der Waals surface area (Å²) in [5, 5.41) is 5.14. The van der Waals surface area contributed by atoms with Crippen molar-refractivity contribution in [3.8, 4) is 0 Å². The van der Waals surface area contributed by atoms with E-state index in [1.807, 2.05) is 18.2 Å². The molecule has 11 heteroatoms. The molecule has 4 rings (SSSR count). The van der Waals surface area contributed by atoms with E-state index < -0.39 is 29.6 Å². The average Bonchev–Trinajstić information content (AvgIpc) is 3.28. The van der Waals surface area contributed by atoms with Crippen LogP contribution in [0.3, 0.4) is 0 Å². The number of aromatic nitrogens is 5. The highest BCUT2D eigenvalue weighted by atomic mass is 19.3. The Morgan fingerprint density at radius 1 is 1.21 bits per heavy atom. The smallest absolute Gasteiger partial charge is 0.306 e. The largest absolute Gasteiger partial charge is 0.359 e. The molecule has 3 aromatic heterocycles. The van der Waals surface area contributed by atoms with Crippen molar-refractivity contribution in [2.24, 2.45) is 0 Å². The maximum absolute atomic E-state index is 14.4. The van der Waals surface area contributed by atoms with Gasteiger partial charge in [-0.1, -0.05) is 12.1 Å². The van der Waals surface area contributed by atoms with E-state index in [-0.39, 0.29) is 23.2 Å². The number of aryl methyl sites for hydroxylation is 1. The molecule has 0 radical (unpaired) electrons. The number of nitrogens with one attached hydrogen (secondary N) is 3. The van der Waals surface area contributed by atoms with Gasteiger partial charge >= 0.3 is 5.92 Å². The number of benzene rings is 1. The summed E-state index contributed by atoms with van der Waals surface area (Å²) in [6.45, 7) is 0.733. The van der Waals surface area contributed by atoms with Gasteiger partial charge in [-0.2, -0.15) is 8.78 Å². The summed E-state index contributed by atoms with van der Waals surface area (Å²) in [5.74, 6) is -3.98. The molecule has 9 nitrogen and oxygen atoms in total. The highest BCUT2D eigenvalue weighted by Gasteiger charge is 2.33. The zero-order valence-corrected chi connectivity index (χ0v) is 17.7. The molecule has 0 fully saturated rings. The van der Waals surface area contributed by atoms with Crippen LogP contribution in [0.25, 0.3) is 11.0 Å². The zero-order chi connectivity index (χ0) is 23.4. The maximum atomic E-state index is 14.4. The first-order valence-corrected chi connectivity index (χ1v) is 10.1. The van der Waals surface area contributed by atoms with E-state index in [0.717, 1.165) is 16.6 Å². The monoisotopic (exact) mass is 459 g/mol. The van der Waals surface area contributed by atoms with Crippen molar-refractivity contribution in [3.63, 3.8) is 0 Å². The van der Waals surface area contributed by atoms with Crippen LogP contribution in [0.15, 0.2) is 59.9 Å². The first kappa shape index (κ1) is 22.1. The molecule has 3 heterocycles. The molecule has 0 bridgehead atoms. The van der Waals surface area contributed by atoms with Gasteiger partial charge in [0.1, 0.15) is 12.2 Å². The Bertz CT molecular complexity index is 1350. The molecular formula is C22H27F2N7O2. The second kappa shape index (κ2) is 9.15. The molecule has 0 saturated heterocycles. The van der Waals surface area contributed by atoms with Crippen LogP contribution in [-0.4, -0.2) is 37.0 Å². The third-order valence-electron chi connectivity index (χ3n) is 5.05. The Balaban J connectivity index is 0.00000216. The minimum atomic E-state index is -3.31. The number of halogens is 2. The van der Waals surface area contributed by atoms with Crippen LogP contribution >= 0.6 is 0 Å². The van der Waals surface area contributed by atoms with Gasteiger partial charge in [0.2, 0.25) is 5.91 Å². The van der Waals surface area contributed by atoms with Gasteiger partial charge in [0, 0.05) is 28.9 Å². The number of aromatic amines is 1. The van der Waals surface area contributed by atoms with Crippen LogP contribution in [0.2, 0.25) is 0 Å². The van der Waals surface area contributed by atoms with E-state index in [1.165, 1.54) is 35.2 Å². The standard InChI is InChI=1S/C22H21F2N7O2.3H2/c1-14-9-27-20(28-12-22(23,24)18-4-2-3-7-25-18)21(33)31(14)11-19(32)26-10-15-5-6-16-17(8-15)30-13-29-16;;;/h2-9,13H,10-12H2,1H3,(H,26,32)(H,27,28)(H,29,30);3*1H. The summed E-state index contributed by atoms with van der Waals surface area (Å²) >= 11 is 0. The fourth-order valence-corrected chi connectivity index (χ4v) is 3.25. The molecule has 0 aliphatic rings. The summed E-state index contributed by atoms with van der Waals surface area (Å²) in [7, 11) is 0. The van der Waals surface area contributed by atoms with Gasteiger partial charge in [0.15, 0.2) is 5.82 Å². The minimum Gasteiger partial charge on any atom is -0.359 e. The normalized spacial score (nSPS) is 11.5. The van der Waals surface area contributed by atoms with E-state index in [2.05, 4.69) is 30.6 Å². The maximum Gasteiger partial charge on any atom is 0.306 e. The number of fused-ring (bicyclic) bond motifs is 1. The Labute approximate surface area is 191 Å². The van der Waals surface area contributed by atoms with E-state index in [4.69, 9.17) is 0 Å². The van der Waals surface area contributed by atoms with E-state index in [1.54, 1.807) is 13.3 Å². The lowest BCUT2D eigenvalue weighted by molar-refractivity contribution is -0.121. The summed E-state index contributed by atoms with van der Waals surface area (Å²) < 4.78 is 29.9. The number of carbonyl (C=O) groups excluding carboxylic acids is 1. The third kappa shape index (κ3) is 5.03. The topological polar surface area (TPSA) is 118 Å². The average molecular weight is 460 g/mol. The Morgan fingerprint density at radius 2 is 2.06 bits per heavy atom. The molecule has 0 atom stereocenters. The number of hydrogen-bond donors (Lipinski definition) is 3. The molecule has 0 aliphatic carbocycles. The first-order valence-electron chi connectivity index (χ1n) is 10.1. The molecule has 1 amide bonds. The molecule has 0 aliphatic heterocycles. The molecule has 0 spiro atoms. The summed E-state index contributed by atoms with van der Waals surface area (Å²) in [5.41, 5.74) is 1.87. The molecule has 176 valence electrons. The molecule has 4 aromatic rings. The van der Waals surface area contributed by atoms with Crippen molar-refractivity contribution in [1.29, 1.82) is 0 Å². The van der Waals surface area contributed by atoms with Gasteiger partial charge in [-0.25, -0.2) is 9.97 Å². The molecular weight excluding hydrogens is 432 g/mol. The number of carbonyl (C=O) groups is 1. The number of amides is 1. The first-order chi connectivity index (χ1) is 15.8. The number of alkyl halides is 2. The fraction of sp³-hybridized carbons (Fsp3) is 0.227. The number of anilines is 1. The number of nitrogens with zero attached hydrogens (tertiary/aromatic N) is 4. The lowest BCUT2D eigenvalue weighted by Crippen LogP contribution is -2.36. The van der Waals surface area contributed by atoms with E-state index in [9.17, 15) is 18.4 Å². The van der Waals surface area contributed by atoms with Crippen LogP contribution in [0.4, 0.5) is 14.6 Å². The van der Waals surface area contributed by atoms with Crippen LogP contribution in [0.5, 0.6) is 0 Å². The molecule has 0 unspecified atom stereocenters. The van der Waals surface area contributed by atoms with Gasteiger partial charge in [0.25, 0.3) is 5.56 Å². The predicted molar refractivity (Wildman–Crippen MR) is 124 cm³/mol. The van der Waals surface area contributed by atoms with Gasteiger partial charge < -0.3 is 15.6 Å². The predicted octanol–water partition coefficient (Wildman–Crippen LogP) is 3.08. The second-order valence-electron chi connectivity index (χ2n) is 7.44. The zero-order valence-electron chi connectivity index (χ0n) is 17.7. The van der Waals surface area contributed by atoms with Crippen molar-refractivity contribution in [1.82, 2.24) is 29.8 Å². The minimum absolute atomic E-state index is 0. The molecule has 0 saturated carbocycles. The van der Waals surface area contributed by atoms with Crippen molar-refractivity contribution in [2.75, 3.05) is 11.9 Å². The Hall–Kier alpha value is -4.15. The quantitative estimate of drug-likeness (QED) is 0.373. The lowest BCUT2D eigenvalue weighted by Gasteiger charge is -2.17. The number of pyridine rings is 1. The molecule has 3 N–H and O–H groups in total. The van der Waals surface area contributed by atoms with Crippen LogP contribution in [-0.2, 0) is 23.8 Å². The number of rotatable bonds is 8. The summed E-state index contributed by atoms with van der Waals surface area (Å²) in [4.78, 5) is 39.9. The van der Waals surface area contributed by atoms with Crippen molar-refractivity contribution in [3.05, 3.63) is 82.4 Å². The van der Waals surface area contributed by atoms with Crippen LogP contribution < -0.4 is 16.2 Å². The van der Waals surface area contributed by atoms with Gasteiger partial charge in [-0.05, 0) is 36.8 Å². The van der Waals surface area contributed by atoms with Crippen LogP contribution in [0, 0.1) is 6.92 Å². The lowest BCUT2D eigenvalue weighted by atomic mass is 10.2. The van der Waals surface area contributed by atoms with Crippen LogP contribution in [0.1, 0.15) is 21.2 Å². The van der Waals surface area contributed by atoms with Crippen molar-refractivity contribution >= 4 is 22.8 Å². The molecule has 33 heavy (non-hydrogen) atoms. The van der Waals surface area contributed by atoms with Crippen molar-refractivity contribution < 1.29 is 17.9 Å². The van der Waals surface area contributed by atoms with E-state index >= 15 is 0 Å². The summed E-state index contributed by atoms with van der Waals surface area (Å²) in [6, 6.07) is 9.75. The number of imidazole rings is 1. The van der Waals surface area contributed by atoms with Gasteiger partial charge in [0.05, 0.1) is 23.9 Å². The second-order valence-corrected chi connectivity index (χ2v) is 7.44. The highest BCUT2D eigenvalue weighted by Crippen LogP contribution is 2.25. The van der Waals surface area contributed by atoms with Gasteiger partial charge in [-0.3, -0.25) is 19.1 Å². The Kier molecular flexibility index (Phi) is 6.11. The summed E-state index contributed by atoms with van der Waals surface area (Å²) in [6.07, 6.45) is 4.21. The number of hydrogen-bond acceptors (Lipinski definition) is 6.